The van der Waals surface area contributed by atoms with Crippen LogP contribution in [0.4, 0.5) is 14.9 Å². The molecular weight excluding hydrogens is 315 g/mol. The summed E-state index contributed by atoms with van der Waals surface area (Å²) in [6, 6.07) is 1.07. The highest BCUT2D eigenvalue weighted by molar-refractivity contribution is 6.34. The Morgan fingerprint density at radius 1 is 1.36 bits per heavy atom. The maximum atomic E-state index is 14.1. The lowest BCUT2D eigenvalue weighted by Gasteiger charge is -2.21. The van der Waals surface area contributed by atoms with Crippen LogP contribution in [0.5, 0.6) is 0 Å². The van der Waals surface area contributed by atoms with E-state index >= 15 is 0 Å². The van der Waals surface area contributed by atoms with E-state index in [1.54, 1.807) is 13.8 Å². The number of esters is 1. The van der Waals surface area contributed by atoms with Crippen LogP contribution in [-0.4, -0.2) is 42.5 Å². The molecular formula is C14H14ClFN2O4. The van der Waals surface area contributed by atoms with Gasteiger partial charge in [0.1, 0.15) is 12.4 Å². The molecule has 1 aromatic rings. The van der Waals surface area contributed by atoms with Gasteiger partial charge in [-0.05, 0) is 26.0 Å². The quantitative estimate of drug-likeness (QED) is 0.631. The molecule has 0 saturated carbocycles. The van der Waals surface area contributed by atoms with E-state index < -0.39 is 23.7 Å². The maximum absolute atomic E-state index is 14.1. The first kappa shape index (κ1) is 16.2. The SMILES string of the molecule is COC(=O)c1cc(N2C(=O)CN(C(C)C)C2=O)c(F)cc1Cl. The van der Waals surface area contributed by atoms with Crippen molar-refractivity contribution in [3.63, 3.8) is 0 Å². The summed E-state index contributed by atoms with van der Waals surface area (Å²) in [5, 5.41) is -0.159. The largest absolute Gasteiger partial charge is 0.465 e. The Morgan fingerprint density at radius 2 is 2.00 bits per heavy atom. The number of amides is 3. The molecule has 3 amide bonds. The van der Waals surface area contributed by atoms with Gasteiger partial charge < -0.3 is 9.64 Å². The topological polar surface area (TPSA) is 66.9 Å². The third-order valence-corrected chi connectivity index (χ3v) is 3.61. The van der Waals surface area contributed by atoms with E-state index in [1.165, 1.54) is 4.90 Å². The monoisotopic (exact) mass is 328 g/mol. The molecule has 0 spiro atoms. The van der Waals surface area contributed by atoms with Crippen molar-refractivity contribution in [3.8, 4) is 0 Å². The van der Waals surface area contributed by atoms with Crippen molar-refractivity contribution in [2.45, 2.75) is 19.9 Å². The minimum absolute atomic E-state index is 0.121. The predicted molar refractivity (Wildman–Crippen MR) is 77.5 cm³/mol. The zero-order valence-corrected chi connectivity index (χ0v) is 13.0. The van der Waals surface area contributed by atoms with Crippen LogP contribution in [0.15, 0.2) is 12.1 Å². The van der Waals surface area contributed by atoms with E-state index in [0.717, 1.165) is 19.2 Å². The van der Waals surface area contributed by atoms with Gasteiger partial charge in [-0.15, -0.1) is 0 Å². The third-order valence-electron chi connectivity index (χ3n) is 3.30. The van der Waals surface area contributed by atoms with Crippen molar-refractivity contribution in [1.82, 2.24) is 4.90 Å². The summed E-state index contributed by atoms with van der Waals surface area (Å²) >= 11 is 5.79. The summed E-state index contributed by atoms with van der Waals surface area (Å²) in [5.74, 6) is -2.23. The molecule has 0 aliphatic carbocycles. The van der Waals surface area contributed by atoms with Crippen molar-refractivity contribution in [1.29, 1.82) is 0 Å². The van der Waals surface area contributed by atoms with Gasteiger partial charge in [-0.2, -0.15) is 0 Å². The fourth-order valence-electron chi connectivity index (χ4n) is 2.14. The van der Waals surface area contributed by atoms with E-state index in [2.05, 4.69) is 4.74 Å². The first-order valence-corrected chi connectivity index (χ1v) is 6.86. The van der Waals surface area contributed by atoms with Crippen LogP contribution in [0.3, 0.4) is 0 Å². The van der Waals surface area contributed by atoms with E-state index in [0.29, 0.717) is 4.90 Å². The summed E-state index contributed by atoms with van der Waals surface area (Å²) in [7, 11) is 1.15. The number of urea groups is 1. The van der Waals surface area contributed by atoms with Crippen LogP contribution in [0.2, 0.25) is 5.02 Å². The number of imide groups is 1. The molecule has 1 aliphatic rings. The van der Waals surface area contributed by atoms with E-state index in [4.69, 9.17) is 11.6 Å². The zero-order valence-electron chi connectivity index (χ0n) is 12.2. The number of carbonyl (C=O) groups excluding carboxylic acids is 3. The summed E-state index contributed by atoms with van der Waals surface area (Å²) in [6.45, 7) is 3.34. The molecule has 1 aliphatic heterocycles. The van der Waals surface area contributed by atoms with Gasteiger partial charge in [0.15, 0.2) is 0 Å². The molecule has 0 unspecified atom stereocenters. The molecule has 6 nitrogen and oxygen atoms in total. The average molecular weight is 329 g/mol. The van der Waals surface area contributed by atoms with Crippen LogP contribution in [0.25, 0.3) is 0 Å². The molecule has 0 atom stereocenters. The predicted octanol–water partition coefficient (Wildman–Crippen LogP) is 2.44. The van der Waals surface area contributed by atoms with Crippen molar-refractivity contribution in [2.75, 3.05) is 18.6 Å². The highest BCUT2D eigenvalue weighted by Gasteiger charge is 2.40. The molecule has 0 N–H and O–H groups in total. The number of anilines is 1. The molecule has 0 aromatic heterocycles. The van der Waals surface area contributed by atoms with Crippen LogP contribution < -0.4 is 4.90 Å². The Labute approximate surface area is 131 Å². The average Bonchev–Trinajstić information content (AvgIpc) is 2.74. The standard InChI is InChI=1S/C14H14ClFN2O4/c1-7(2)17-6-12(19)18(14(17)21)11-4-8(13(20)22-3)9(15)5-10(11)16/h4-5,7H,6H2,1-3H3. The van der Waals surface area contributed by atoms with Gasteiger partial charge in [0, 0.05) is 6.04 Å². The maximum Gasteiger partial charge on any atom is 0.339 e. The fraction of sp³-hybridized carbons (Fsp3) is 0.357. The van der Waals surface area contributed by atoms with Crippen LogP contribution in [-0.2, 0) is 9.53 Å². The summed E-state index contributed by atoms with van der Waals surface area (Å²) in [4.78, 5) is 37.9. The summed E-state index contributed by atoms with van der Waals surface area (Å²) in [6.07, 6.45) is 0. The molecule has 1 fully saturated rings. The van der Waals surface area contributed by atoms with Gasteiger partial charge in [-0.1, -0.05) is 11.6 Å². The number of benzene rings is 1. The number of nitrogens with zero attached hydrogens (tertiary/aromatic N) is 2. The number of halogens is 2. The minimum Gasteiger partial charge on any atom is -0.465 e. The third kappa shape index (κ3) is 2.64. The second-order valence-corrected chi connectivity index (χ2v) is 5.42. The van der Waals surface area contributed by atoms with Crippen molar-refractivity contribution in [2.24, 2.45) is 0 Å². The molecule has 1 heterocycles. The smallest absolute Gasteiger partial charge is 0.339 e. The molecule has 0 bridgehead atoms. The van der Waals surface area contributed by atoms with Gasteiger partial charge in [0.05, 0.1) is 23.4 Å². The van der Waals surface area contributed by atoms with Gasteiger partial charge in [0.2, 0.25) is 0 Å². The first-order valence-electron chi connectivity index (χ1n) is 6.48. The molecule has 22 heavy (non-hydrogen) atoms. The van der Waals surface area contributed by atoms with Crippen molar-refractivity contribution >= 4 is 35.2 Å². The lowest BCUT2D eigenvalue weighted by molar-refractivity contribution is -0.116. The number of carbonyl (C=O) groups is 3. The second kappa shape index (κ2) is 5.92. The number of rotatable bonds is 3. The molecule has 2 rings (SSSR count). The minimum atomic E-state index is -0.870. The van der Waals surface area contributed by atoms with Gasteiger partial charge in [-0.3, -0.25) is 4.79 Å². The Bertz CT molecular complexity index is 662. The first-order chi connectivity index (χ1) is 10.3. The normalized spacial score (nSPS) is 15.0. The number of methoxy groups -OCH3 is 1. The Hall–Kier alpha value is -2.15. The molecule has 1 saturated heterocycles. The summed E-state index contributed by atoms with van der Waals surface area (Å²) < 4.78 is 18.7. The lowest BCUT2D eigenvalue weighted by Crippen LogP contribution is -2.37. The van der Waals surface area contributed by atoms with Crippen LogP contribution in [0.1, 0.15) is 24.2 Å². The molecule has 8 heteroatoms. The molecule has 0 radical (unpaired) electrons. The van der Waals surface area contributed by atoms with Crippen molar-refractivity contribution < 1.29 is 23.5 Å². The Kier molecular flexibility index (Phi) is 4.37. The van der Waals surface area contributed by atoms with Gasteiger partial charge in [0.25, 0.3) is 5.91 Å². The van der Waals surface area contributed by atoms with Crippen molar-refractivity contribution in [3.05, 3.63) is 28.5 Å². The second-order valence-electron chi connectivity index (χ2n) is 5.01. The number of hydrogen-bond acceptors (Lipinski definition) is 4. The van der Waals surface area contributed by atoms with E-state index in [1.807, 2.05) is 0 Å². The summed E-state index contributed by atoms with van der Waals surface area (Å²) in [5.41, 5.74) is -0.438. The fourth-order valence-corrected chi connectivity index (χ4v) is 2.36. The lowest BCUT2D eigenvalue weighted by atomic mass is 10.1. The Balaban J connectivity index is 2.51. The van der Waals surface area contributed by atoms with Gasteiger partial charge in [-0.25, -0.2) is 18.9 Å². The Morgan fingerprint density at radius 3 is 2.50 bits per heavy atom. The number of hydrogen-bond donors (Lipinski definition) is 0. The van der Waals surface area contributed by atoms with Crippen LogP contribution >= 0.6 is 11.6 Å². The highest BCUT2D eigenvalue weighted by atomic mass is 35.5. The number of ether oxygens (including phenoxy) is 1. The van der Waals surface area contributed by atoms with E-state index in [-0.39, 0.29) is 28.9 Å². The molecule has 1 aromatic carbocycles. The van der Waals surface area contributed by atoms with E-state index in [9.17, 15) is 18.8 Å². The van der Waals surface area contributed by atoms with Crippen LogP contribution in [0, 0.1) is 5.82 Å². The van der Waals surface area contributed by atoms with Gasteiger partial charge >= 0.3 is 12.0 Å². The highest BCUT2D eigenvalue weighted by Crippen LogP contribution is 2.30. The zero-order chi connectivity index (χ0) is 16.6. The molecule has 118 valence electrons.